The van der Waals surface area contributed by atoms with Crippen molar-refractivity contribution in [1.82, 2.24) is 0 Å². The molecule has 0 fully saturated rings. The minimum absolute atomic E-state index is 0.416. The van der Waals surface area contributed by atoms with E-state index in [1.54, 1.807) is 0 Å². The molecule has 0 bridgehead atoms. The summed E-state index contributed by atoms with van der Waals surface area (Å²) in [6.45, 7) is 0. The standard InChI is InChI=1S/C19H11ClO/c20-19(21)18-11-17-13-6-2-1-5-12(13)9-10-16(17)14-7-3-4-8-15(14)18/h1-11H. The van der Waals surface area contributed by atoms with Crippen molar-refractivity contribution in [1.29, 1.82) is 0 Å². The van der Waals surface area contributed by atoms with Crippen LogP contribution in [-0.4, -0.2) is 5.24 Å². The zero-order chi connectivity index (χ0) is 14.4. The van der Waals surface area contributed by atoms with E-state index in [4.69, 9.17) is 11.6 Å². The number of hydrogen-bond donors (Lipinski definition) is 0. The van der Waals surface area contributed by atoms with Crippen molar-refractivity contribution in [2.45, 2.75) is 0 Å². The van der Waals surface area contributed by atoms with Crippen LogP contribution in [0.5, 0.6) is 0 Å². The number of benzene rings is 4. The molecule has 0 aliphatic carbocycles. The number of halogens is 1. The van der Waals surface area contributed by atoms with Crippen molar-refractivity contribution in [3.63, 3.8) is 0 Å². The van der Waals surface area contributed by atoms with Gasteiger partial charge in [-0.25, -0.2) is 0 Å². The molecule has 0 aromatic heterocycles. The maximum atomic E-state index is 11.8. The van der Waals surface area contributed by atoms with Gasteiger partial charge in [0.1, 0.15) is 0 Å². The first-order valence-electron chi connectivity index (χ1n) is 6.79. The number of fused-ring (bicyclic) bond motifs is 5. The van der Waals surface area contributed by atoms with E-state index < -0.39 is 5.24 Å². The zero-order valence-corrected chi connectivity index (χ0v) is 11.9. The minimum atomic E-state index is -0.416. The minimum Gasteiger partial charge on any atom is -0.276 e. The Hall–Kier alpha value is -2.38. The molecule has 0 saturated heterocycles. The van der Waals surface area contributed by atoms with Gasteiger partial charge in [0.15, 0.2) is 0 Å². The fraction of sp³-hybridized carbons (Fsp3) is 0. The van der Waals surface area contributed by atoms with Gasteiger partial charge in [-0.15, -0.1) is 0 Å². The highest BCUT2D eigenvalue weighted by Crippen LogP contribution is 2.33. The van der Waals surface area contributed by atoms with Crippen molar-refractivity contribution < 1.29 is 4.79 Å². The smallest absolute Gasteiger partial charge is 0.253 e. The van der Waals surface area contributed by atoms with Gasteiger partial charge >= 0.3 is 0 Å². The molecule has 2 heteroatoms. The molecular weight excluding hydrogens is 280 g/mol. The van der Waals surface area contributed by atoms with Crippen LogP contribution in [0.15, 0.2) is 66.7 Å². The van der Waals surface area contributed by atoms with Crippen LogP contribution in [0.1, 0.15) is 10.4 Å². The lowest BCUT2D eigenvalue weighted by atomic mass is 9.94. The van der Waals surface area contributed by atoms with Crippen LogP contribution in [0.2, 0.25) is 0 Å². The van der Waals surface area contributed by atoms with Gasteiger partial charge in [-0.1, -0.05) is 60.7 Å². The highest BCUT2D eigenvalue weighted by molar-refractivity contribution is 6.69. The molecule has 0 saturated carbocycles. The number of carbonyl (C=O) groups excluding carboxylic acids is 1. The Labute approximate surface area is 126 Å². The van der Waals surface area contributed by atoms with Crippen LogP contribution >= 0.6 is 11.6 Å². The first kappa shape index (κ1) is 12.4. The molecule has 0 radical (unpaired) electrons. The molecule has 0 spiro atoms. The molecule has 0 atom stereocenters. The van der Waals surface area contributed by atoms with E-state index in [0.29, 0.717) is 5.56 Å². The predicted octanol–water partition coefficient (Wildman–Crippen LogP) is 5.53. The topological polar surface area (TPSA) is 17.1 Å². The number of hydrogen-bond acceptors (Lipinski definition) is 1. The Balaban J connectivity index is 2.32. The Bertz CT molecular complexity index is 1020. The van der Waals surface area contributed by atoms with Gasteiger partial charge in [-0.05, 0) is 50.0 Å². The maximum Gasteiger partial charge on any atom is 0.253 e. The summed E-state index contributed by atoms with van der Waals surface area (Å²) in [5.74, 6) is 0. The molecule has 0 N–H and O–H groups in total. The first-order valence-corrected chi connectivity index (χ1v) is 7.16. The third kappa shape index (κ3) is 1.82. The fourth-order valence-electron chi connectivity index (χ4n) is 3.02. The summed E-state index contributed by atoms with van der Waals surface area (Å²) in [5.41, 5.74) is 0.566. The summed E-state index contributed by atoms with van der Waals surface area (Å²) in [4.78, 5) is 11.8. The molecule has 21 heavy (non-hydrogen) atoms. The normalized spacial score (nSPS) is 11.3. The highest BCUT2D eigenvalue weighted by Gasteiger charge is 2.12. The quantitative estimate of drug-likeness (QED) is 0.333. The first-order chi connectivity index (χ1) is 10.3. The molecule has 4 rings (SSSR count). The maximum absolute atomic E-state index is 11.8. The second kappa shape index (κ2) is 4.57. The van der Waals surface area contributed by atoms with E-state index in [9.17, 15) is 4.79 Å². The van der Waals surface area contributed by atoms with E-state index in [1.165, 1.54) is 0 Å². The van der Waals surface area contributed by atoms with E-state index >= 15 is 0 Å². The summed E-state index contributed by atoms with van der Waals surface area (Å²) in [6.07, 6.45) is 0. The van der Waals surface area contributed by atoms with Crippen LogP contribution in [0.3, 0.4) is 0 Å². The molecule has 0 aliphatic heterocycles. The zero-order valence-electron chi connectivity index (χ0n) is 11.1. The Morgan fingerprint density at radius 2 is 1.29 bits per heavy atom. The summed E-state index contributed by atoms with van der Waals surface area (Å²) in [5, 5.41) is 6.06. The summed E-state index contributed by atoms with van der Waals surface area (Å²) in [7, 11) is 0. The molecule has 100 valence electrons. The van der Waals surface area contributed by atoms with Crippen LogP contribution < -0.4 is 0 Å². The largest absolute Gasteiger partial charge is 0.276 e. The second-order valence-electron chi connectivity index (χ2n) is 5.13. The van der Waals surface area contributed by atoms with Gasteiger partial charge in [0, 0.05) is 5.56 Å². The van der Waals surface area contributed by atoms with Crippen molar-refractivity contribution in [2.24, 2.45) is 0 Å². The molecular formula is C19H11ClO. The molecule has 0 unspecified atom stereocenters. The van der Waals surface area contributed by atoms with Gasteiger partial charge in [0.2, 0.25) is 0 Å². The van der Waals surface area contributed by atoms with Crippen LogP contribution in [0, 0.1) is 0 Å². The second-order valence-corrected chi connectivity index (χ2v) is 5.47. The summed E-state index contributed by atoms with van der Waals surface area (Å²) >= 11 is 5.79. The number of rotatable bonds is 1. The van der Waals surface area contributed by atoms with Crippen LogP contribution in [0.25, 0.3) is 32.3 Å². The van der Waals surface area contributed by atoms with Crippen LogP contribution in [-0.2, 0) is 0 Å². The molecule has 4 aromatic rings. The predicted molar refractivity (Wildman–Crippen MR) is 89.1 cm³/mol. The monoisotopic (exact) mass is 290 g/mol. The lowest BCUT2D eigenvalue weighted by molar-refractivity contribution is 0.108. The van der Waals surface area contributed by atoms with Gasteiger partial charge < -0.3 is 0 Å². The van der Waals surface area contributed by atoms with E-state index in [-0.39, 0.29) is 0 Å². The van der Waals surface area contributed by atoms with Gasteiger partial charge in [-0.3, -0.25) is 4.79 Å². The Kier molecular flexibility index (Phi) is 2.69. The third-order valence-corrected chi connectivity index (χ3v) is 4.18. The Morgan fingerprint density at radius 1 is 0.667 bits per heavy atom. The molecule has 1 nitrogen and oxygen atoms in total. The van der Waals surface area contributed by atoms with Crippen molar-refractivity contribution in [3.8, 4) is 0 Å². The molecule has 0 amide bonds. The lowest BCUT2D eigenvalue weighted by Crippen LogP contribution is -1.92. The fourth-order valence-corrected chi connectivity index (χ4v) is 3.18. The van der Waals surface area contributed by atoms with Crippen LogP contribution in [0.4, 0.5) is 0 Å². The van der Waals surface area contributed by atoms with Crippen molar-refractivity contribution in [2.75, 3.05) is 0 Å². The highest BCUT2D eigenvalue weighted by atomic mass is 35.5. The average Bonchev–Trinajstić information content (AvgIpc) is 2.53. The lowest BCUT2D eigenvalue weighted by Gasteiger charge is -2.10. The summed E-state index contributed by atoms with van der Waals surface area (Å²) in [6, 6.07) is 22.2. The summed E-state index contributed by atoms with van der Waals surface area (Å²) < 4.78 is 0. The van der Waals surface area contributed by atoms with Crippen molar-refractivity contribution in [3.05, 3.63) is 72.3 Å². The van der Waals surface area contributed by atoms with E-state index in [0.717, 1.165) is 32.3 Å². The Morgan fingerprint density at radius 3 is 2.05 bits per heavy atom. The van der Waals surface area contributed by atoms with Gasteiger partial charge in [-0.2, -0.15) is 0 Å². The van der Waals surface area contributed by atoms with Gasteiger partial charge in [0.25, 0.3) is 5.24 Å². The van der Waals surface area contributed by atoms with Gasteiger partial charge in [0.05, 0.1) is 0 Å². The van der Waals surface area contributed by atoms with Crippen molar-refractivity contribution >= 4 is 49.2 Å². The SMILES string of the molecule is O=C(Cl)c1cc2c3ccccc3ccc2c2ccccc12. The van der Waals surface area contributed by atoms with E-state index in [1.807, 2.05) is 42.5 Å². The molecule has 4 aromatic carbocycles. The average molecular weight is 291 g/mol. The molecule has 0 heterocycles. The third-order valence-electron chi connectivity index (χ3n) is 3.98. The van der Waals surface area contributed by atoms with E-state index in [2.05, 4.69) is 24.3 Å². The number of carbonyl (C=O) groups is 1. The molecule has 0 aliphatic rings.